The summed E-state index contributed by atoms with van der Waals surface area (Å²) in [6.45, 7) is 2.11. The first kappa shape index (κ1) is 21.9. The molecule has 0 saturated carbocycles. The Bertz CT molecular complexity index is 948. The molecule has 1 atom stereocenters. The average Bonchev–Trinajstić information content (AvgIpc) is 3.09. The van der Waals surface area contributed by atoms with Crippen molar-refractivity contribution in [3.63, 3.8) is 0 Å². The van der Waals surface area contributed by atoms with Crippen molar-refractivity contribution in [2.24, 2.45) is 4.99 Å². The van der Waals surface area contributed by atoms with Crippen molar-refractivity contribution in [1.29, 1.82) is 0 Å². The van der Waals surface area contributed by atoms with Gasteiger partial charge in [0.1, 0.15) is 16.6 Å². The van der Waals surface area contributed by atoms with Crippen molar-refractivity contribution in [2.45, 2.75) is 25.7 Å². The lowest BCUT2D eigenvalue weighted by Crippen LogP contribution is -2.32. The average molecular weight is 441 g/mol. The molecular weight excluding hydrogens is 421 g/mol. The molecule has 2 aromatic rings. The number of amidine groups is 1. The number of alkyl halides is 3. The van der Waals surface area contributed by atoms with Gasteiger partial charge < -0.3 is 15.0 Å². The summed E-state index contributed by atoms with van der Waals surface area (Å²) in [5, 5.41) is 3.34. The number of anilines is 1. The molecule has 0 saturated heterocycles. The Morgan fingerprint density at radius 3 is 2.63 bits per heavy atom. The van der Waals surface area contributed by atoms with Crippen LogP contribution in [0.15, 0.2) is 41.5 Å². The van der Waals surface area contributed by atoms with Gasteiger partial charge >= 0.3 is 12.1 Å². The first-order chi connectivity index (χ1) is 14.2. The fourth-order valence-electron chi connectivity index (χ4n) is 3.02. The summed E-state index contributed by atoms with van der Waals surface area (Å²) in [5.41, 5.74) is 2.20. The van der Waals surface area contributed by atoms with Crippen LogP contribution in [-0.4, -0.2) is 54.1 Å². The zero-order valence-electron chi connectivity index (χ0n) is 16.3. The van der Waals surface area contributed by atoms with Gasteiger partial charge in [0, 0.05) is 25.4 Å². The smallest absolute Gasteiger partial charge is 0.412 e. The summed E-state index contributed by atoms with van der Waals surface area (Å²) >= 11 is 5.93. The van der Waals surface area contributed by atoms with Gasteiger partial charge in [-0.05, 0) is 18.6 Å². The van der Waals surface area contributed by atoms with Gasteiger partial charge in [-0.25, -0.2) is 9.78 Å². The fourth-order valence-corrected chi connectivity index (χ4v) is 3.18. The minimum absolute atomic E-state index is 0.193. The second kappa shape index (κ2) is 8.91. The van der Waals surface area contributed by atoms with Crippen LogP contribution in [0.2, 0.25) is 5.15 Å². The number of carbonyl (C=O) groups is 1. The number of pyridine rings is 1. The predicted molar refractivity (Wildman–Crippen MR) is 108 cm³/mol. The number of hydrogen-bond acceptors (Lipinski definition) is 6. The topological polar surface area (TPSA) is 66.8 Å². The fraction of sp³-hybridized carbons (Fsp3) is 0.350. The van der Waals surface area contributed by atoms with E-state index in [9.17, 15) is 18.0 Å². The molecule has 1 unspecified atom stereocenters. The first-order valence-electron chi connectivity index (χ1n) is 9.20. The molecule has 0 aliphatic carbocycles. The summed E-state index contributed by atoms with van der Waals surface area (Å²) in [6.07, 6.45) is -3.01. The van der Waals surface area contributed by atoms with Crippen LogP contribution >= 0.6 is 11.6 Å². The number of aromatic nitrogens is 1. The highest BCUT2D eigenvalue weighted by Crippen LogP contribution is 2.28. The van der Waals surface area contributed by atoms with Gasteiger partial charge in [-0.2, -0.15) is 13.2 Å². The number of benzene rings is 1. The van der Waals surface area contributed by atoms with Gasteiger partial charge in [-0.1, -0.05) is 35.9 Å². The van der Waals surface area contributed by atoms with Gasteiger partial charge in [0.2, 0.25) is 0 Å². The molecule has 0 spiro atoms. The van der Waals surface area contributed by atoms with Gasteiger partial charge in [0.15, 0.2) is 6.04 Å². The number of carbonyl (C=O) groups excluding carboxylic acids is 1. The van der Waals surface area contributed by atoms with Crippen LogP contribution in [-0.2, 0) is 11.3 Å². The Labute approximate surface area is 176 Å². The molecular formula is C20H20ClF3N4O2. The van der Waals surface area contributed by atoms with Crippen LogP contribution < -0.4 is 5.32 Å². The second-order valence-corrected chi connectivity index (χ2v) is 7.10. The lowest BCUT2D eigenvalue weighted by Gasteiger charge is -2.16. The Kier molecular flexibility index (Phi) is 6.50. The summed E-state index contributed by atoms with van der Waals surface area (Å²) in [7, 11) is 1.59. The number of halogens is 4. The normalized spacial score (nSPS) is 16.4. The van der Waals surface area contributed by atoms with Gasteiger partial charge in [-0.15, -0.1) is 0 Å². The van der Waals surface area contributed by atoms with Gasteiger partial charge in [0.25, 0.3) is 0 Å². The van der Waals surface area contributed by atoms with Gasteiger partial charge in [0.05, 0.1) is 18.8 Å². The maximum Gasteiger partial charge on any atom is 0.412 e. The van der Waals surface area contributed by atoms with E-state index in [0.717, 1.165) is 5.56 Å². The van der Waals surface area contributed by atoms with E-state index in [2.05, 4.69) is 15.3 Å². The number of nitrogens with one attached hydrogen (secondary N) is 1. The number of rotatable bonds is 6. The predicted octanol–water partition coefficient (Wildman–Crippen LogP) is 4.15. The zero-order chi connectivity index (χ0) is 21.9. The standard InChI is InChI=1S/C20H20ClF3N4O2/c1-3-30-19(29)14-10-26-17(21)8-15(14)25-9-12-4-6-13(7-5-12)18-27-16(11-28(18)2)20(22,23)24/h4-8,10,16H,3,9,11H2,1-2H3,(H,25,26). The molecule has 0 amide bonds. The Morgan fingerprint density at radius 2 is 2.03 bits per heavy atom. The quantitative estimate of drug-likeness (QED) is 0.540. The molecule has 30 heavy (non-hydrogen) atoms. The van der Waals surface area contributed by atoms with E-state index in [4.69, 9.17) is 16.3 Å². The second-order valence-electron chi connectivity index (χ2n) is 6.71. The third kappa shape index (κ3) is 5.02. The molecule has 0 radical (unpaired) electrons. The van der Waals surface area contributed by atoms with Crippen molar-refractivity contribution in [2.75, 3.05) is 25.5 Å². The summed E-state index contributed by atoms with van der Waals surface area (Å²) < 4.78 is 43.8. The van der Waals surface area contributed by atoms with Crippen LogP contribution in [0, 0.1) is 0 Å². The largest absolute Gasteiger partial charge is 0.462 e. The molecule has 10 heteroatoms. The first-order valence-corrected chi connectivity index (χ1v) is 9.58. The lowest BCUT2D eigenvalue weighted by molar-refractivity contribution is -0.145. The van der Waals surface area contributed by atoms with Crippen molar-refractivity contribution in [3.8, 4) is 0 Å². The lowest BCUT2D eigenvalue weighted by atomic mass is 10.1. The molecule has 1 aromatic heterocycles. The maximum absolute atomic E-state index is 12.9. The van der Waals surface area contributed by atoms with Crippen LogP contribution in [0.5, 0.6) is 0 Å². The number of aliphatic imine (C=N–C) groups is 1. The maximum atomic E-state index is 12.9. The van der Waals surface area contributed by atoms with E-state index in [1.807, 2.05) is 0 Å². The van der Waals surface area contributed by atoms with Crippen molar-refractivity contribution >= 4 is 29.1 Å². The monoisotopic (exact) mass is 440 g/mol. The van der Waals surface area contributed by atoms with E-state index >= 15 is 0 Å². The molecule has 0 bridgehead atoms. The van der Waals surface area contributed by atoms with E-state index in [1.165, 1.54) is 17.2 Å². The van der Waals surface area contributed by atoms with Crippen LogP contribution in [0.3, 0.4) is 0 Å². The minimum Gasteiger partial charge on any atom is -0.462 e. The number of nitrogens with zero attached hydrogens (tertiary/aromatic N) is 3. The SMILES string of the molecule is CCOC(=O)c1cnc(Cl)cc1NCc1ccc(C2=NC(C(F)(F)F)CN2C)cc1. The van der Waals surface area contributed by atoms with Crippen molar-refractivity contribution in [1.82, 2.24) is 9.88 Å². The molecule has 1 N–H and O–H groups in total. The van der Waals surface area contributed by atoms with E-state index in [-0.39, 0.29) is 23.9 Å². The molecule has 1 aromatic carbocycles. The molecule has 2 heterocycles. The van der Waals surface area contributed by atoms with Crippen molar-refractivity contribution in [3.05, 3.63) is 58.4 Å². The zero-order valence-corrected chi connectivity index (χ0v) is 17.1. The number of ether oxygens (including phenoxy) is 1. The summed E-state index contributed by atoms with van der Waals surface area (Å²) in [5.74, 6) is -0.205. The van der Waals surface area contributed by atoms with Crippen LogP contribution in [0.25, 0.3) is 0 Å². The highest BCUT2D eigenvalue weighted by molar-refractivity contribution is 6.29. The minimum atomic E-state index is -4.36. The van der Waals surface area contributed by atoms with E-state index < -0.39 is 18.2 Å². The highest BCUT2D eigenvalue weighted by Gasteiger charge is 2.44. The van der Waals surface area contributed by atoms with Crippen LogP contribution in [0.1, 0.15) is 28.4 Å². The van der Waals surface area contributed by atoms with Gasteiger partial charge in [-0.3, -0.25) is 4.99 Å². The van der Waals surface area contributed by atoms with Crippen LogP contribution in [0.4, 0.5) is 18.9 Å². The third-order valence-electron chi connectivity index (χ3n) is 4.53. The molecule has 3 rings (SSSR count). The molecule has 1 aliphatic rings. The number of hydrogen-bond donors (Lipinski definition) is 1. The highest BCUT2D eigenvalue weighted by atomic mass is 35.5. The van der Waals surface area contributed by atoms with E-state index in [0.29, 0.717) is 23.6 Å². The van der Waals surface area contributed by atoms with Crippen molar-refractivity contribution < 1.29 is 22.7 Å². The molecule has 0 fully saturated rings. The Hall–Kier alpha value is -2.81. The summed E-state index contributed by atoms with van der Waals surface area (Å²) in [6, 6.07) is 6.82. The Morgan fingerprint density at radius 1 is 1.33 bits per heavy atom. The Balaban J connectivity index is 1.72. The summed E-state index contributed by atoms with van der Waals surface area (Å²) in [4.78, 5) is 21.3. The number of likely N-dealkylation sites (N-methyl/N-ethyl adjacent to an activating group) is 1. The molecule has 160 valence electrons. The number of esters is 1. The van der Waals surface area contributed by atoms with E-state index in [1.54, 1.807) is 38.2 Å². The molecule has 6 nitrogen and oxygen atoms in total. The third-order valence-corrected chi connectivity index (χ3v) is 4.73. The molecule has 1 aliphatic heterocycles.